The van der Waals surface area contributed by atoms with E-state index < -0.39 is 11.6 Å². The highest BCUT2D eigenvalue weighted by Gasteiger charge is 2.30. The fourth-order valence-electron chi connectivity index (χ4n) is 4.45. The Morgan fingerprint density at radius 3 is 2.12 bits per heavy atom. The molecule has 3 rings (SSSR count). The summed E-state index contributed by atoms with van der Waals surface area (Å²) >= 11 is 0. The quantitative estimate of drug-likeness (QED) is 0.311. The van der Waals surface area contributed by atoms with Crippen LogP contribution in [-0.2, 0) is 29.2 Å². The van der Waals surface area contributed by atoms with Crippen LogP contribution in [0.15, 0.2) is 79.1 Å². The van der Waals surface area contributed by atoms with E-state index in [9.17, 15) is 9.59 Å². The minimum Gasteiger partial charge on any atom is -0.489 e. The molecule has 1 aromatic heterocycles. The summed E-state index contributed by atoms with van der Waals surface area (Å²) < 4.78 is 5.92. The molecule has 2 atom stereocenters. The number of pyridine rings is 1. The third-order valence-corrected chi connectivity index (χ3v) is 6.45. The monoisotopic (exact) mass is 544 g/mol. The smallest absolute Gasteiger partial charge is 0.243 e. The molecule has 0 bridgehead atoms. The van der Waals surface area contributed by atoms with Crippen LogP contribution >= 0.6 is 0 Å². The zero-order valence-electron chi connectivity index (χ0n) is 24.7. The van der Waals surface area contributed by atoms with Crippen LogP contribution in [0.4, 0.5) is 0 Å². The molecule has 7 nitrogen and oxygen atoms in total. The third-order valence-electron chi connectivity index (χ3n) is 6.45. The van der Waals surface area contributed by atoms with Gasteiger partial charge < -0.3 is 15.4 Å². The van der Waals surface area contributed by atoms with Crippen molar-refractivity contribution in [3.63, 3.8) is 0 Å². The molecule has 2 aromatic carbocycles. The number of nitrogens with one attached hydrogen (secondary N) is 2. The largest absolute Gasteiger partial charge is 0.489 e. The maximum absolute atomic E-state index is 13.7. The summed E-state index contributed by atoms with van der Waals surface area (Å²) in [5.74, 6) is 0.704. The van der Waals surface area contributed by atoms with E-state index >= 15 is 0 Å². The molecule has 0 fully saturated rings. The number of carbonyl (C=O) groups excluding carboxylic acids is 2. The standard InChI is InChI=1S/C33H44N4O3/c1-24(2)20-30(37(6)22-26-16-18-34-19-17-26)32(39)35-29(31(38)36-33(3,4)5)21-25-12-14-28(15-13-25)40-23-27-10-8-7-9-11-27/h7-19,24,29-30H,20-23H2,1-6H3,(H,35,39)(H,36,38)/t29-,30+/m0/s1. The second-order valence-corrected chi connectivity index (χ2v) is 11.8. The van der Waals surface area contributed by atoms with Crippen LogP contribution in [0.2, 0.25) is 0 Å². The molecule has 0 aliphatic carbocycles. The van der Waals surface area contributed by atoms with Crippen LogP contribution in [-0.4, -0.2) is 46.4 Å². The molecule has 0 radical (unpaired) electrons. The van der Waals surface area contributed by atoms with Crippen LogP contribution in [0.1, 0.15) is 57.7 Å². The highest BCUT2D eigenvalue weighted by Crippen LogP contribution is 2.18. The Labute approximate surface area is 239 Å². The number of nitrogens with zero attached hydrogens (tertiary/aromatic N) is 2. The van der Waals surface area contributed by atoms with E-state index in [1.165, 1.54) is 0 Å². The minimum atomic E-state index is -0.716. The van der Waals surface area contributed by atoms with Crippen LogP contribution in [0.3, 0.4) is 0 Å². The first-order valence-electron chi connectivity index (χ1n) is 14.0. The van der Waals surface area contributed by atoms with E-state index in [1.807, 2.05) is 99.4 Å². The van der Waals surface area contributed by atoms with Crippen molar-refractivity contribution in [3.05, 3.63) is 95.8 Å². The Hall–Kier alpha value is -3.71. The number of amides is 2. The second kappa shape index (κ2) is 14.6. The van der Waals surface area contributed by atoms with Gasteiger partial charge >= 0.3 is 0 Å². The van der Waals surface area contributed by atoms with Crippen molar-refractivity contribution in [1.29, 1.82) is 0 Å². The molecule has 0 spiro atoms. The molecule has 2 N–H and O–H groups in total. The van der Waals surface area contributed by atoms with E-state index in [0.717, 1.165) is 22.4 Å². The summed E-state index contributed by atoms with van der Waals surface area (Å²) in [7, 11) is 1.95. The Bertz CT molecular complexity index is 1190. The van der Waals surface area contributed by atoms with Crippen molar-refractivity contribution in [2.75, 3.05) is 7.05 Å². The van der Waals surface area contributed by atoms with Gasteiger partial charge in [0.05, 0.1) is 6.04 Å². The molecule has 0 saturated carbocycles. The first-order valence-corrected chi connectivity index (χ1v) is 14.0. The lowest BCUT2D eigenvalue weighted by Crippen LogP contribution is -2.56. The maximum Gasteiger partial charge on any atom is 0.243 e. The van der Waals surface area contributed by atoms with Gasteiger partial charge in [0.1, 0.15) is 18.4 Å². The number of benzene rings is 2. The van der Waals surface area contributed by atoms with Crippen molar-refractivity contribution < 1.29 is 14.3 Å². The number of aromatic nitrogens is 1. The molecular weight excluding hydrogens is 500 g/mol. The summed E-state index contributed by atoms with van der Waals surface area (Å²) in [4.78, 5) is 33.2. The molecule has 0 aliphatic heterocycles. The number of hydrogen-bond acceptors (Lipinski definition) is 5. The molecule has 1 heterocycles. The number of carbonyl (C=O) groups is 2. The molecule has 40 heavy (non-hydrogen) atoms. The van der Waals surface area contributed by atoms with E-state index in [-0.39, 0.29) is 17.9 Å². The number of hydrogen-bond donors (Lipinski definition) is 2. The van der Waals surface area contributed by atoms with Crippen molar-refractivity contribution in [2.24, 2.45) is 5.92 Å². The molecule has 2 amide bonds. The van der Waals surface area contributed by atoms with Gasteiger partial charge in [0.2, 0.25) is 11.8 Å². The van der Waals surface area contributed by atoms with Crippen LogP contribution < -0.4 is 15.4 Å². The normalized spacial score (nSPS) is 13.1. The van der Waals surface area contributed by atoms with E-state index in [1.54, 1.807) is 12.4 Å². The zero-order chi connectivity index (χ0) is 29.1. The minimum absolute atomic E-state index is 0.151. The van der Waals surface area contributed by atoms with Gasteiger partial charge in [0.25, 0.3) is 0 Å². The summed E-state index contributed by atoms with van der Waals surface area (Å²) in [5.41, 5.74) is 2.69. The maximum atomic E-state index is 13.7. The summed E-state index contributed by atoms with van der Waals surface area (Å²) in [5, 5.41) is 6.13. The van der Waals surface area contributed by atoms with Gasteiger partial charge in [-0.1, -0.05) is 56.3 Å². The molecule has 0 unspecified atom stereocenters. The molecular formula is C33H44N4O3. The van der Waals surface area contributed by atoms with Crippen LogP contribution in [0.25, 0.3) is 0 Å². The first-order chi connectivity index (χ1) is 19.0. The van der Waals surface area contributed by atoms with Gasteiger partial charge in [-0.2, -0.15) is 0 Å². The number of rotatable bonds is 13. The Kier molecular flexibility index (Phi) is 11.3. The lowest BCUT2D eigenvalue weighted by molar-refractivity contribution is -0.132. The SMILES string of the molecule is CC(C)C[C@H](C(=O)N[C@@H](Cc1ccc(OCc2ccccc2)cc1)C(=O)NC(C)(C)C)N(C)Cc1ccncc1. The third kappa shape index (κ3) is 10.5. The molecule has 3 aromatic rings. The number of likely N-dealkylation sites (N-methyl/N-ethyl adjacent to an activating group) is 1. The van der Waals surface area contributed by atoms with Crippen molar-refractivity contribution in [2.45, 2.75) is 78.2 Å². The van der Waals surface area contributed by atoms with E-state index in [4.69, 9.17) is 4.74 Å². The highest BCUT2D eigenvalue weighted by atomic mass is 16.5. The predicted octanol–water partition coefficient (Wildman–Crippen LogP) is 5.15. The van der Waals surface area contributed by atoms with E-state index in [0.29, 0.717) is 31.9 Å². The predicted molar refractivity (Wildman–Crippen MR) is 160 cm³/mol. The second-order valence-electron chi connectivity index (χ2n) is 11.8. The average molecular weight is 545 g/mol. The van der Waals surface area contributed by atoms with Crippen molar-refractivity contribution in [3.8, 4) is 5.75 Å². The average Bonchev–Trinajstić information content (AvgIpc) is 2.91. The summed E-state index contributed by atoms with van der Waals surface area (Å²) in [6.07, 6.45) is 4.56. The topological polar surface area (TPSA) is 83.6 Å². The molecule has 214 valence electrons. The molecule has 7 heteroatoms. The van der Waals surface area contributed by atoms with Gasteiger partial charge in [0.15, 0.2) is 0 Å². The fraction of sp³-hybridized carbons (Fsp3) is 0.424. The van der Waals surface area contributed by atoms with Crippen molar-refractivity contribution >= 4 is 11.8 Å². The van der Waals surface area contributed by atoms with Gasteiger partial charge in [0, 0.05) is 30.9 Å². The van der Waals surface area contributed by atoms with Crippen molar-refractivity contribution in [1.82, 2.24) is 20.5 Å². The highest BCUT2D eigenvalue weighted by molar-refractivity contribution is 5.90. The fourth-order valence-corrected chi connectivity index (χ4v) is 4.45. The van der Waals surface area contributed by atoms with Gasteiger partial charge in [-0.25, -0.2) is 0 Å². The van der Waals surface area contributed by atoms with Crippen LogP contribution in [0, 0.1) is 5.92 Å². The molecule has 0 aliphatic rings. The Balaban J connectivity index is 1.73. The van der Waals surface area contributed by atoms with Crippen LogP contribution in [0.5, 0.6) is 5.75 Å². The number of ether oxygens (including phenoxy) is 1. The summed E-state index contributed by atoms with van der Waals surface area (Å²) in [6.45, 7) is 11.1. The zero-order valence-corrected chi connectivity index (χ0v) is 24.7. The Morgan fingerprint density at radius 2 is 1.52 bits per heavy atom. The Morgan fingerprint density at radius 1 is 0.875 bits per heavy atom. The lowest BCUT2D eigenvalue weighted by atomic mass is 9.99. The van der Waals surface area contributed by atoms with Gasteiger partial charge in [-0.05, 0) is 81.1 Å². The lowest BCUT2D eigenvalue weighted by Gasteiger charge is -2.31. The first kappa shape index (κ1) is 30.8. The molecule has 0 saturated heterocycles. The van der Waals surface area contributed by atoms with Gasteiger partial charge in [-0.15, -0.1) is 0 Å². The summed E-state index contributed by atoms with van der Waals surface area (Å²) in [6, 6.07) is 20.5. The van der Waals surface area contributed by atoms with Gasteiger partial charge in [-0.3, -0.25) is 19.5 Å². The van der Waals surface area contributed by atoms with E-state index in [2.05, 4.69) is 29.5 Å².